The Bertz CT molecular complexity index is 121. The summed E-state index contributed by atoms with van der Waals surface area (Å²) in [5.41, 5.74) is 0. The largest absolute Gasteiger partial charge is 0.469 e. The van der Waals surface area contributed by atoms with E-state index in [9.17, 15) is 0 Å². The van der Waals surface area contributed by atoms with Crippen LogP contribution in [0.5, 0.6) is 0 Å². The van der Waals surface area contributed by atoms with Gasteiger partial charge in [-0.1, -0.05) is 6.92 Å². The lowest BCUT2D eigenvalue weighted by molar-refractivity contribution is 0.399. The van der Waals surface area contributed by atoms with Gasteiger partial charge in [0.1, 0.15) is 5.76 Å². The van der Waals surface area contributed by atoms with E-state index in [2.05, 4.69) is 6.92 Å². The van der Waals surface area contributed by atoms with Crippen LogP contribution in [0.1, 0.15) is 12.7 Å². The van der Waals surface area contributed by atoms with Crippen LogP contribution >= 0.6 is 0 Å². The first-order chi connectivity index (χ1) is 4.43. The first-order valence-electron chi connectivity index (χ1n) is 2.90. The Balaban J connectivity index is 0.000000291. The Morgan fingerprint density at radius 3 is 2.44 bits per heavy atom. The van der Waals surface area contributed by atoms with Crippen LogP contribution in [-0.2, 0) is 6.42 Å². The van der Waals surface area contributed by atoms with Crippen LogP contribution in [0.4, 0.5) is 0 Å². The molecule has 0 unspecified atom stereocenters. The smallest absolute Gasteiger partial charge is 0.103 e. The van der Waals surface area contributed by atoms with Crippen molar-refractivity contribution in [3.63, 3.8) is 0 Å². The standard InChI is InChI=1S/C6H8O.CH4O/c1-2-6-4-3-5-7-6;1-2/h3-5H,2H2,1H3;2H,1H3. The highest BCUT2D eigenvalue weighted by Gasteiger charge is 1.84. The molecule has 0 atom stereocenters. The summed E-state index contributed by atoms with van der Waals surface area (Å²) in [6.07, 6.45) is 2.69. The van der Waals surface area contributed by atoms with Gasteiger partial charge in [0, 0.05) is 13.5 Å². The molecule has 0 bridgehead atoms. The number of aliphatic hydroxyl groups excluding tert-OH is 1. The highest BCUT2D eigenvalue weighted by atomic mass is 16.3. The fourth-order valence-electron chi connectivity index (χ4n) is 0.514. The Morgan fingerprint density at radius 2 is 2.22 bits per heavy atom. The molecule has 0 radical (unpaired) electrons. The van der Waals surface area contributed by atoms with Gasteiger partial charge in [0.05, 0.1) is 6.26 Å². The van der Waals surface area contributed by atoms with Crippen molar-refractivity contribution in [1.82, 2.24) is 0 Å². The highest BCUT2D eigenvalue weighted by molar-refractivity contribution is 4.96. The number of rotatable bonds is 1. The molecule has 0 amide bonds. The van der Waals surface area contributed by atoms with Crippen LogP contribution in [0.15, 0.2) is 22.8 Å². The minimum absolute atomic E-state index is 0.993. The van der Waals surface area contributed by atoms with Gasteiger partial charge in [-0.3, -0.25) is 0 Å². The van der Waals surface area contributed by atoms with Crippen molar-refractivity contribution in [2.24, 2.45) is 0 Å². The van der Waals surface area contributed by atoms with E-state index in [1.165, 1.54) is 0 Å². The zero-order valence-electron chi connectivity index (χ0n) is 5.79. The second-order valence-electron chi connectivity index (χ2n) is 1.43. The third-order valence-corrected chi connectivity index (χ3v) is 0.929. The van der Waals surface area contributed by atoms with E-state index in [0.29, 0.717) is 0 Å². The van der Waals surface area contributed by atoms with Gasteiger partial charge in [-0.25, -0.2) is 0 Å². The Labute approximate surface area is 55.1 Å². The monoisotopic (exact) mass is 128 g/mol. The Hall–Kier alpha value is -0.760. The highest BCUT2D eigenvalue weighted by Crippen LogP contribution is 1.98. The molecule has 1 aromatic heterocycles. The Morgan fingerprint density at radius 1 is 1.56 bits per heavy atom. The minimum Gasteiger partial charge on any atom is -0.469 e. The summed E-state index contributed by atoms with van der Waals surface area (Å²) in [5.74, 6) is 1.06. The van der Waals surface area contributed by atoms with E-state index in [0.717, 1.165) is 19.3 Å². The maximum absolute atomic E-state index is 7.00. The van der Waals surface area contributed by atoms with Crippen LogP contribution < -0.4 is 0 Å². The van der Waals surface area contributed by atoms with E-state index >= 15 is 0 Å². The number of furan rings is 1. The molecule has 0 aliphatic carbocycles. The van der Waals surface area contributed by atoms with Crippen LogP contribution in [0.3, 0.4) is 0 Å². The molecular weight excluding hydrogens is 116 g/mol. The molecule has 9 heavy (non-hydrogen) atoms. The molecule has 0 aliphatic heterocycles. The summed E-state index contributed by atoms with van der Waals surface area (Å²) in [6, 6.07) is 3.87. The second-order valence-corrected chi connectivity index (χ2v) is 1.43. The van der Waals surface area contributed by atoms with Gasteiger partial charge in [0.2, 0.25) is 0 Å². The van der Waals surface area contributed by atoms with Gasteiger partial charge in [-0.05, 0) is 12.1 Å². The van der Waals surface area contributed by atoms with Crippen LogP contribution in [-0.4, -0.2) is 12.2 Å². The molecule has 1 rings (SSSR count). The topological polar surface area (TPSA) is 33.4 Å². The van der Waals surface area contributed by atoms with Crippen molar-refractivity contribution in [3.05, 3.63) is 24.2 Å². The summed E-state index contributed by atoms with van der Waals surface area (Å²) in [7, 11) is 1.00. The molecule has 0 aromatic carbocycles. The average molecular weight is 128 g/mol. The normalized spacial score (nSPS) is 7.89. The van der Waals surface area contributed by atoms with E-state index in [-0.39, 0.29) is 0 Å². The Kier molecular flexibility index (Phi) is 4.92. The third kappa shape index (κ3) is 2.93. The molecule has 1 N–H and O–H groups in total. The average Bonchev–Trinajstić information content (AvgIpc) is 2.43. The SMILES string of the molecule is CCc1ccco1.CO. The van der Waals surface area contributed by atoms with Crippen LogP contribution in [0, 0.1) is 0 Å². The summed E-state index contributed by atoms with van der Waals surface area (Å²) >= 11 is 0. The van der Waals surface area contributed by atoms with Gasteiger partial charge in [-0.15, -0.1) is 0 Å². The predicted octanol–water partition coefficient (Wildman–Crippen LogP) is 1.45. The van der Waals surface area contributed by atoms with Gasteiger partial charge < -0.3 is 9.52 Å². The van der Waals surface area contributed by atoms with Gasteiger partial charge in [0.25, 0.3) is 0 Å². The van der Waals surface area contributed by atoms with Gasteiger partial charge in [0.15, 0.2) is 0 Å². The first kappa shape index (κ1) is 8.24. The van der Waals surface area contributed by atoms with Crippen molar-refractivity contribution >= 4 is 0 Å². The van der Waals surface area contributed by atoms with Gasteiger partial charge in [-0.2, -0.15) is 0 Å². The fourth-order valence-corrected chi connectivity index (χ4v) is 0.514. The summed E-state index contributed by atoms with van der Waals surface area (Å²) in [6.45, 7) is 2.07. The van der Waals surface area contributed by atoms with Crippen molar-refractivity contribution in [1.29, 1.82) is 0 Å². The molecule has 2 heteroatoms. The molecular formula is C7H12O2. The molecule has 0 saturated carbocycles. The first-order valence-corrected chi connectivity index (χ1v) is 2.90. The maximum Gasteiger partial charge on any atom is 0.103 e. The molecule has 0 saturated heterocycles. The van der Waals surface area contributed by atoms with Gasteiger partial charge >= 0.3 is 0 Å². The zero-order chi connectivity index (χ0) is 7.11. The van der Waals surface area contributed by atoms with Crippen molar-refractivity contribution in [2.45, 2.75) is 13.3 Å². The fraction of sp³-hybridized carbons (Fsp3) is 0.429. The molecule has 52 valence electrons. The molecule has 0 aliphatic rings. The molecule has 1 heterocycles. The van der Waals surface area contributed by atoms with Crippen molar-refractivity contribution < 1.29 is 9.52 Å². The lowest BCUT2D eigenvalue weighted by Crippen LogP contribution is -1.66. The summed E-state index contributed by atoms with van der Waals surface area (Å²) in [5, 5.41) is 7.00. The summed E-state index contributed by atoms with van der Waals surface area (Å²) < 4.78 is 4.98. The third-order valence-electron chi connectivity index (χ3n) is 0.929. The molecule has 0 spiro atoms. The molecule has 2 nitrogen and oxygen atoms in total. The molecule has 0 fully saturated rings. The zero-order valence-corrected chi connectivity index (χ0v) is 5.79. The lowest BCUT2D eigenvalue weighted by Gasteiger charge is -1.79. The van der Waals surface area contributed by atoms with Crippen LogP contribution in [0.25, 0.3) is 0 Å². The number of hydrogen-bond donors (Lipinski definition) is 1. The van der Waals surface area contributed by atoms with Crippen molar-refractivity contribution in [3.8, 4) is 0 Å². The summed E-state index contributed by atoms with van der Waals surface area (Å²) in [4.78, 5) is 0. The second kappa shape index (κ2) is 5.38. The number of aryl methyl sites for hydroxylation is 1. The quantitative estimate of drug-likeness (QED) is 0.621. The van der Waals surface area contributed by atoms with E-state index < -0.39 is 0 Å². The van der Waals surface area contributed by atoms with E-state index in [1.807, 2.05) is 12.1 Å². The maximum atomic E-state index is 7.00. The number of aliphatic hydroxyl groups is 1. The van der Waals surface area contributed by atoms with E-state index in [4.69, 9.17) is 9.52 Å². The molecule has 1 aromatic rings. The van der Waals surface area contributed by atoms with E-state index in [1.54, 1.807) is 6.26 Å². The lowest BCUT2D eigenvalue weighted by atomic mass is 10.4. The number of hydrogen-bond acceptors (Lipinski definition) is 2. The minimum atomic E-state index is 0.993. The van der Waals surface area contributed by atoms with Crippen LogP contribution in [0.2, 0.25) is 0 Å². The van der Waals surface area contributed by atoms with Crippen molar-refractivity contribution in [2.75, 3.05) is 7.11 Å². The predicted molar refractivity (Wildman–Crippen MR) is 36.2 cm³/mol.